The molecule has 0 N–H and O–H groups in total. The van der Waals surface area contributed by atoms with E-state index in [1.54, 1.807) is 11.8 Å². The van der Waals surface area contributed by atoms with E-state index < -0.39 is 0 Å². The second-order valence-electron chi connectivity index (χ2n) is 8.08. The smallest absolute Gasteiger partial charge is 0.315 e. The molecule has 34 heavy (non-hydrogen) atoms. The van der Waals surface area contributed by atoms with Gasteiger partial charge in [-0.3, -0.25) is 9.48 Å². The fraction of sp³-hybridized carbons (Fsp3) is 0.241. The number of carbonyl (C=O) groups is 1. The highest BCUT2D eigenvalue weighted by molar-refractivity contribution is 7.99. The number of unbranched alkanes of at least 4 members (excludes halogenated alkanes) is 2. The molecule has 0 aliphatic heterocycles. The van der Waals surface area contributed by atoms with Crippen molar-refractivity contribution < 1.29 is 9.53 Å². The molecule has 0 saturated carbocycles. The normalized spacial score (nSPS) is 10.9. The average molecular weight is 471 g/mol. The predicted molar refractivity (Wildman–Crippen MR) is 142 cm³/mol. The first-order valence-corrected chi connectivity index (χ1v) is 12.8. The summed E-state index contributed by atoms with van der Waals surface area (Å²) in [6.45, 7) is 0.846. The van der Waals surface area contributed by atoms with Crippen molar-refractivity contribution >= 4 is 17.7 Å². The Balaban J connectivity index is 1.62. The van der Waals surface area contributed by atoms with Gasteiger partial charge in [-0.15, -0.1) is 0 Å². The lowest BCUT2D eigenvalue weighted by molar-refractivity contribution is -0.137. The molecule has 1 heterocycles. The fourth-order valence-corrected chi connectivity index (χ4v) is 4.88. The van der Waals surface area contributed by atoms with Crippen LogP contribution in [0, 0.1) is 0 Å². The van der Waals surface area contributed by atoms with Crippen molar-refractivity contribution in [1.29, 1.82) is 0 Å². The van der Waals surface area contributed by atoms with Crippen LogP contribution < -0.4 is 0 Å². The molecule has 0 spiro atoms. The number of esters is 1. The number of rotatable bonds is 11. The Bertz CT molecular complexity index is 1180. The summed E-state index contributed by atoms with van der Waals surface area (Å²) in [6, 6.07) is 31.5. The molecule has 0 unspecified atom stereocenters. The monoisotopic (exact) mass is 470 g/mol. The van der Waals surface area contributed by atoms with Crippen molar-refractivity contribution in [1.82, 2.24) is 9.78 Å². The lowest BCUT2D eigenvalue weighted by Crippen LogP contribution is -2.04. The molecule has 0 saturated heterocycles. The summed E-state index contributed by atoms with van der Waals surface area (Å²) in [5.74, 6) is 1.23. The first-order chi connectivity index (χ1) is 16.8. The van der Waals surface area contributed by atoms with Gasteiger partial charge in [0.1, 0.15) is 5.69 Å². The summed E-state index contributed by atoms with van der Waals surface area (Å²) in [5.41, 5.74) is 6.81. The zero-order valence-corrected chi connectivity index (χ0v) is 20.3. The highest BCUT2D eigenvalue weighted by Crippen LogP contribution is 2.40. The van der Waals surface area contributed by atoms with Crippen LogP contribution >= 0.6 is 11.8 Å². The average Bonchev–Trinajstić information content (AvgIpc) is 3.29. The maximum atomic E-state index is 11.3. The van der Waals surface area contributed by atoms with Crippen molar-refractivity contribution in [3.8, 4) is 33.6 Å². The SMILES string of the molecule is COC(=O)CSCCCCCn1nc(-c2ccccc2)c(-c2ccccc2)c1-c1ccccc1. The number of hydrogen-bond acceptors (Lipinski definition) is 4. The van der Waals surface area contributed by atoms with Gasteiger partial charge in [0.2, 0.25) is 0 Å². The Morgan fingerprint density at radius 3 is 2.00 bits per heavy atom. The summed E-state index contributed by atoms with van der Waals surface area (Å²) in [4.78, 5) is 11.3. The highest BCUT2D eigenvalue weighted by atomic mass is 32.2. The molecular formula is C29H30N2O2S. The number of methoxy groups -OCH3 is 1. The maximum absolute atomic E-state index is 11.3. The third kappa shape index (κ3) is 5.97. The molecule has 0 amide bonds. The number of benzene rings is 3. The third-order valence-corrected chi connectivity index (χ3v) is 6.73. The van der Waals surface area contributed by atoms with E-state index in [1.165, 1.54) is 23.8 Å². The maximum Gasteiger partial charge on any atom is 0.315 e. The van der Waals surface area contributed by atoms with Crippen molar-refractivity contribution in [2.75, 3.05) is 18.6 Å². The van der Waals surface area contributed by atoms with Crippen LogP contribution in [0.2, 0.25) is 0 Å². The third-order valence-electron chi connectivity index (χ3n) is 5.72. The van der Waals surface area contributed by atoms with Crippen LogP contribution in [0.3, 0.4) is 0 Å². The van der Waals surface area contributed by atoms with Crippen LogP contribution in [0.15, 0.2) is 91.0 Å². The van der Waals surface area contributed by atoms with E-state index in [0.717, 1.165) is 48.5 Å². The molecule has 0 radical (unpaired) electrons. The van der Waals surface area contributed by atoms with Gasteiger partial charge >= 0.3 is 5.97 Å². The van der Waals surface area contributed by atoms with E-state index in [9.17, 15) is 4.79 Å². The van der Waals surface area contributed by atoms with Crippen molar-refractivity contribution in [2.24, 2.45) is 0 Å². The first-order valence-electron chi connectivity index (χ1n) is 11.7. The number of carbonyl (C=O) groups excluding carboxylic acids is 1. The minimum atomic E-state index is -0.157. The van der Waals surface area contributed by atoms with Gasteiger partial charge in [0, 0.05) is 23.2 Å². The van der Waals surface area contributed by atoms with Crippen molar-refractivity contribution in [2.45, 2.75) is 25.8 Å². The molecule has 0 bridgehead atoms. The highest BCUT2D eigenvalue weighted by Gasteiger charge is 2.21. The molecule has 4 aromatic rings. The van der Waals surface area contributed by atoms with Gasteiger partial charge < -0.3 is 4.74 Å². The summed E-state index contributed by atoms with van der Waals surface area (Å²) in [7, 11) is 1.44. The summed E-state index contributed by atoms with van der Waals surface area (Å²) in [6.07, 6.45) is 3.19. The summed E-state index contributed by atoms with van der Waals surface area (Å²) < 4.78 is 6.89. The molecule has 0 fully saturated rings. The zero-order chi connectivity index (χ0) is 23.6. The van der Waals surface area contributed by atoms with E-state index in [2.05, 4.69) is 89.6 Å². The number of aromatic nitrogens is 2. The van der Waals surface area contributed by atoms with Gasteiger partial charge in [-0.25, -0.2) is 0 Å². The van der Waals surface area contributed by atoms with Gasteiger partial charge in [-0.2, -0.15) is 16.9 Å². The number of nitrogens with zero attached hydrogens (tertiary/aromatic N) is 2. The van der Waals surface area contributed by atoms with Crippen LogP contribution in [-0.2, 0) is 16.1 Å². The summed E-state index contributed by atoms with van der Waals surface area (Å²) >= 11 is 1.64. The van der Waals surface area contributed by atoms with Gasteiger partial charge in [0.05, 0.1) is 18.6 Å². The molecular weight excluding hydrogens is 440 g/mol. The fourth-order valence-electron chi connectivity index (χ4n) is 4.05. The largest absolute Gasteiger partial charge is 0.468 e. The van der Waals surface area contributed by atoms with E-state index in [-0.39, 0.29) is 5.97 Å². The van der Waals surface area contributed by atoms with E-state index in [1.807, 2.05) is 6.07 Å². The molecule has 0 atom stereocenters. The van der Waals surface area contributed by atoms with Crippen molar-refractivity contribution in [3.05, 3.63) is 91.0 Å². The molecule has 0 aliphatic rings. The number of aryl methyl sites for hydroxylation is 1. The minimum absolute atomic E-state index is 0.157. The molecule has 5 heteroatoms. The zero-order valence-electron chi connectivity index (χ0n) is 19.5. The van der Waals surface area contributed by atoms with Gasteiger partial charge in [-0.05, 0) is 24.2 Å². The molecule has 4 nitrogen and oxygen atoms in total. The van der Waals surface area contributed by atoms with Gasteiger partial charge in [0.15, 0.2) is 0 Å². The molecule has 1 aromatic heterocycles. The number of hydrogen-bond donors (Lipinski definition) is 0. The second kappa shape index (κ2) is 12.2. The lowest BCUT2D eigenvalue weighted by atomic mass is 9.96. The Hall–Kier alpha value is -3.31. The van der Waals surface area contributed by atoms with Crippen LogP contribution in [0.4, 0.5) is 0 Å². The first kappa shape index (κ1) is 23.8. The van der Waals surface area contributed by atoms with Crippen LogP contribution in [-0.4, -0.2) is 34.4 Å². The lowest BCUT2D eigenvalue weighted by Gasteiger charge is -2.11. The second-order valence-corrected chi connectivity index (χ2v) is 9.19. The van der Waals surface area contributed by atoms with E-state index >= 15 is 0 Å². The Morgan fingerprint density at radius 1 is 0.794 bits per heavy atom. The standard InChI is InChI=1S/C29H30N2O2S/c1-33-26(32)22-34-21-13-5-12-20-31-29(25-18-10-4-11-19-25)27(23-14-6-2-7-15-23)28(30-31)24-16-8-3-9-17-24/h2-4,6-11,14-19H,5,12-13,20-22H2,1H3. The Morgan fingerprint density at radius 2 is 1.38 bits per heavy atom. The van der Waals surface area contributed by atoms with E-state index in [4.69, 9.17) is 9.84 Å². The molecule has 0 aliphatic carbocycles. The minimum Gasteiger partial charge on any atom is -0.468 e. The predicted octanol–water partition coefficient (Wildman–Crippen LogP) is 6.96. The van der Waals surface area contributed by atoms with Gasteiger partial charge in [-0.1, -0.05) is 97.4 Å². The molecule has 4 rings (SSSR count). The van der Waals surface area contributed by atoms with Crippen molar-refractivity contribution in [3.63, 3.8) is 0 Å². The Kier molecular flexibility index (Phi) is 8.58. The van der Waals surface area contributed by atoms with Gasteiger partial charge in [0.25, 0.3) is 0 Å². The van der Waals surface area contributed by atoms with Crippen LogP contribution in [0.5, 0.6) is 0 Å². The number of thioether (sulfide) groups is 1. The van der Waals surface area contributed by atoms with Crippen LogP contribution in [0.1, 0.15) is 19.3 Å². The Labute approximate surface area is 206 Å². The topological polar surface area (TPSA) is 44.1 Å². The quantitative estimate of drug-likeness (QED) is 0.176. The molecule has 174 valence electrons. The number of ether oxygens (including phenoxy) is 1. The summed E-state index contributed by atoms with van der Waals surface area (Å²) in [5, 5.41) is 5.15. The van der Waals surface area contributed by atoms with Crippen LogP contribution in [0.25, 0.3) is 33.6 Å². The van der Waals surface area contributed by atoms with E-state index in [0.29, 0.717) is 5.75 Å². The molecule has 3 aromatic carbocycles.